The van der Waals surface area contributed by atoms with Crippen molar-refractivity contribution in [1.82, 2.24) is 10.2 Å². The van der Waals surface area contributed by atoms with Crippen molar-refractivity contribution < 1.29 is 49.6 Å². The topological polar surface area (TPSA) is 174 Å². The van der Waals surface area contributed by atoms with Crippen LogP contribution in [0.25, 0.3) is 0 Å². The largest absolute Gasteiger partial charge is 0.389 e. The van der Waals surface area contributed by atoms with Crippen LogP contribution >= 0.6 is 0 Å². The molecule has 3 aliphatic rings. The Morgan fingerprint density at radius 1 is 0.682 bits per heavy atom. The van der Waals surface area contributed by atoms with E-state index in [4.69, 9.17) is 18.9 Å². The third-order valence-corrected chi connectivity index (χ3v) is 8.63. The Morgan fingerprint density at radius 2 is 1.11 bits per heavy atom. The first-order valence-corrected chi connectivity index (χ1v) is 15.5. The van der Waals surface area contributed by atoms with Gasteiger partial charge < -0.3 is 54.9 Å². The highest BCUT2D eigenvalue weighted by atomic mass is 16.7. The molecule has 0 bridgehead atoms. The van der Waals surface area contributed by atoms with E-state index in [9.17, 15) is 30.6 Å². The summed E-state index contributed by atoms with van der Waals surface area (Å²) < 4.78 is 23.0. The molecule has 0 aromatic heterocycles. The molecule has 44 heavy (non-hydrogen) atoms. The molecule has 3 fully saturated rings. The molecule has 3 aliphatic heterocycles. The predicted molar refractivity (Wildman–Crippen MR) is 158 cm³/mol. The van der Waals surface area contributed by atoms with E-state index in [1.807, 2.05) is 60.7 Å². The molecule has 3 saturated heterocycles. The minimum absolute atomic E-state index is 0.0534. The monoisotopic (exact) mass is 618 g/mol. The first kappa shape index (κ1) is 33.3. The number of benzene rings is 2. The first-order chi connectivity index (χ1) is 21.3. The number of hydrogen-bond donors (Lipinski definition) is 7. The first-order valence-electron chi connectivity index (χ1n) is 15.5. The lowest BCUT2D eigenvalue weighted by molar-refractivity contribution is -0.285. The minimum atomic E-state index is -1.45. The molecular weight excluding hydrogens is 572 g/mol. The van der Waals surface area contributed by atoms with Crippen molar-refractivity contribution in [2.75, 3.05) is 45.9 Å². The molecule has 7 N–H and O–H groups in total. The molecule has 2 aromatic rings. The number of piperidine rings is 1. The zero-order chi connectivity index (χ0) is 31.1. The van der Waals surface area contributed by atoms with Crippen LogP contribution in [0.1, 0.15) is 36.5 Å². The van der Waals surface area contributed by atoms with Crippen molar-refractivity contribution in [3.8, 4) is 0 Å². The lowest BCUT2D eigenvalue weighted by Crippen LogP contribution is -2.56. The number of aliphatic hydroxyl groups is 6. The molecule has 12 heteroatoms. The summed E-state index contributed by atoms with van der Waals surface area (Å²) in [5.74, 6) is 0.268. The molecule has 0 radical (unpaired) electrons. The predicted octanol–water partition coefficient (Wildman–Crippen LogP) is -0.318. The van der Waals surface area contributed by atoms with Crippen molar-refractivity contribution in [2.24, 2.45) is 5.92 Å². The molecule has 244 valence electrons. The van der Waals surface area contributed by atoms with E-state index in [1.54, 1.807) is 4.90 Å². The number of hydrogen-bond acceptors (Lipinski definition) is 12. The third kappa shape index (κ3) is 8.60. The van der Waals surface area contributed by atoms with Crippen molar-refractivity contribution in [3.05, 3.63) is 71.8 Å². The fourth-order valence-electron chi connectivity index (χ4n) is 6.13. The van der Waals surface area contributed by atoms with Crippen LogP contribution in [0.4, 0.5) is 0 Å². The maximum absolute atomic E-state index is 11.2. The number of nitrogens with zero attached hydrogens (tertiary/aromatic N) is 1. The summed E-state index contributed by atoms with van der Waals surface area (Å²) in [5.41, 5.74) is 1.45. The summed E-state index contributed by atoms with van der Waals surface area (Å²) in [5, 5.41) is 69.1. The Labute approximate surface area is 257 Å². The Bertz CT molecular complexity index is 1030. The highest BCUT2D eigenvalue weighted by molar-refractivity contribution is 5.17. The van der Waals surface area contributed by atoms with Crippen LogP contribution in [0.5, 0.6) is 0 Å². The number of nitrogens with one attached hydrogen (secondary N) is 1. The average molecular weight is 619 g/mol. The summed E-state index contributed by atoms with van der Waals surface area (Å²) in [6.07, 6.45) is -9.95. The number of ether oxygens (including phenoxy) is 4. The van der Waals surface area contributed by atoms with E-state index in [-0.39, 0.29) is 32.2 Å². The van der Waals surface area contributed by atoms with Crippen molar-refractivity contribution in [3.63, 3.8) is 0 Å². The van der Waals surface area contributed by atoms with E-state index >= 15 is 0 Å². The van der Waals surface area contributed by atoms with Crippen LogP contribution in [0.2, 0.25) is 0 Å². The SMILES string of the molecule is OC(CN(CC1CCNCC1)C[C@H](O)[C@H](O)C1OC(c2ccccc2)OCC1O)C(O)C1OC(c2ccccc2)OCC1O. The van der Waals surface area contributed by atoms with Crippen LogP contribution < -0.4 is 5.32 Å². The molecule has 0 saturated carbocycles. The summed E-state index contributed by atoms with van der Waals surface area (Å²) >= 11 is 0. The van der Waals surface area contributed by atoms with Gasteiger partial charge in [-0.1, -0.05) is 60.7 Å². The van der Waals surface area contributed by atoms with Gasteiger partial charge in [-0.2, -0.15) is 0 Å². The van der Waals surface area contributed by atoms with E-state index in [2.05, 4.69) is 5.32 Å². The highest BCUT2D eigenvalue weighted by Gasteiger charge is 2.42. The van der Waals surface area contributed by atoms with E-state index in [0.29, 0.717) is 6.54 Å². The number of rotatable bonds is 12. The van der Waals surface area contributed by atoms with Gasteiger partial charge in [0, 0.05) is 30.8 Å². The second-order valence-electron chi connectivity index (χ2n) is 12.0. The summed E-state index contributed by atoms with van der Waals surface area (Å²) in [6.45, 7) is 1.94. The van der Waals surface area contributed by atoms with Crippen molar-refractivity contribution in [2.45, 2.75) is 74.3 Å². The van der Waals surface area contributed by atoms with Gasteiger partial charge >= 0.3 is 0 Å². The normalized spacial score (nSPS) is 31.3. The van der Waals surface area contributed by atoms with Crippen LogP contribution in [-0.4, -0.2) is 130 Å². The fraction of sp³-hybridized carbons (Fsp3) is 0.625. The van der Waals surface area contributed by atoms with Gasteiger partial charge in [-0.05, 0) is 31.8 Å². The van der Waals surface area contributed by atoms with E-state index in [0.717, 1.165) is 37.1 Å². The molecule has 12 nitrogen and oxygen atoms in total. The minimum Gasteiger partial charge on any atom is -0.389 e. The van der Waals surface area contributed by atoms with Crippen molar-refractivity contribution in [1.29, 1.82) is 0 Å². The van der Waals surface area contributed by atoms with Crippen LogP contribution in [0.15, 0.2) is 60.7 Å². The fourth-order valence-corrected chi connectivity index (χ4v) is 6.13. The second kappa shape index (κ2) is 16.0. The van der Waals surface area contributed by atoms with Crippen molar-refractivity contribution >= 4 is 0 Å². The summed E-state index contributed by atoms with van der Waals surface area (Å²) in [4.78, 5) is 1.80. The maximum atomic E-state index is 11.2. The molecule has 10 atom stereocenters. The lowest BCUT2D eigenvalue weighted by atomic mass is 9.95. The van der Waals surface area contributed by atoms with E-state index < -0.39 is 61.4 Å². The summed E-state index contributed by atoms with van der Waals surface area (Å²) in [6, 6.07) is 18.3. The Balaban J connectivity index is 1.24. The summed E-state index contributed by atoms with van der Waals surface area (Å²) in [7, 11) is 0. The molecule has 8 unspecified atom stereocenters. The van der Waals surface area contributed by atoms with Gasteiger partial charge in [0.15, 0.2) is 12.6 Å². The molecule has 0 aliphatic carbocycles. The molecule has 0 spiro atoms. The van der Waals surface area contributed by atoms with Gasteiger partial charge in [0.1, 0.15) is 36.6 Å². The van der Waals surface area contributed by atoms with Crippen LogP contribution in [0, 0.1) is 5.92 Å². The van der Waals surface area contributed by atoms with Gasteiger partial charge in [0.25, 0.3) is 0 Å². The smallest absolute Gasteiger partial charge is 0.184 e. The molecule has 5 rings (SSSR count). The molecule has 2 aromatic carbocycles. The zero-order valence-corrected chi connectivity index (χ0v) is 24.8. The van der Waals surface area contributed by atoms with Crippen LogP contribution in [0.3, 0.4) is 0 Å². The third-order valence-electron chi connectivity index (χ3n) is 8.63. The molecule has 3 heterocycles. The quantitative estimate of drug-likeness (QED) is 0.166. The second-order valence-corrected chi connectivity index (χ2v) is 12.0. The van der Waals surface area contributed by atoms with Gasteiger partial charge in [-0.3, -0.25) is 4.90 Å². The van der Waals surface area contributed by atoms with Gasteiger partial charge in [0.05, 0.1) is 25.4 Å². The number of aliphatic hydroxyl groups excluding tert-OH is 6. The van der Waals surface area contributed by atoms with Gasteiger partial charge in [0.2, 0.25) is 0 Å². The van der Waals surface area contributed by atoms with Gasteiger partial charge in [-0.25, -0.2) is 0 Å². The molecule has 0 amide bonds. The van der Waals surface area contributed by atoms with Gasteiger partial charge in [-0.15, -0.1) is 0 Å². The highest BCUT2D eigenvalue weighted by Crippen LogP contribution is 2.30. The van der Waals surface area contributed by atoms with E-state index in [1.165, 1.54) is 0 Å². The maximum Gasteiger partial charge on any atom is 0.184 e. The molecular formula is C32H46N2O10. The zero-order valence-electron chi connectivity index (χ0n) is 24.8. The Hall–Kier alpha value is -2.04. The Kier molecular flexibility index (Phi) is 12.1. The van der Waals surface area contributed by atoms with Crippen LogP contribution in [-0.2, 0) is 18.9 Å². The Morgan fingerprint density at radius 3 is 1.55 bits per heavy atom. The standard InChI is InChI=1S/C32H46N2O10/c35-23(27(39)29-25(37)18-41-31(43-29)21-7-3-1-4-8-21)16-34(15-20-11-13-33-14-12-20)17-24(36)28(40)30-26(38)19-42-32(44-30)22-9-5-2-6-10-22/h1-10,20,23-33,35-40H,11-19H2/t23-,24?,25?,26?,27-,28?,29?,30?,31?,32?/m0/s1. The lowest BCUT2D eigenvalue weighted by Gasteiger charge is -2.41. The average Bonchev–Trinajstić information content (AvgIpc) is 3.05.